The summed E-state index contributed by atoms with van der Waals surface area (Å²) in [6, 6.07) is 12.5. The van der Waals surface area contributed by atoms with Crippen molar-refractivity contribution in [3.8, 4) is 11.5 Å². The van der Waals surface area contributed by atoms with Gasteiger partial charge in [0.1, 0.15) is 18.1 Å². The van der Waals surface area contributed by atoms with Crippen molar-refractivity contribution in [2.45, 2.75) is 19.4 Å². The number of anilines is 1. The zero-order valence-electron chi connectivity index (χ0n) is 12.8. The summed E-state index contributed by atoms with van der Waals surface area (Å²) < 4.78 is 11.0. The fourth-order valence-corrected chi connectivity index (χ4v) is 2.13. The van der Waals surface area contributed by atoms with E-state index >= 15 is 0 Å². The predicted molar refractivity (Wildman–Crippen MR) is 85.1 cm³/mol. The first kappa shape index (κ1) is 16.6. The zero-order chi connectivity index (χ0) is 16.7. The Kier molecular flexibility index (Phi) is 5.82. The van der Waals surface area contributed by atoms with Crippen LogP contribution in [0.4, 0.5) is 5.69 Å². The van der Waals surface area contributed by atoms with Crippen molar-refractivity contribution in [2.24, 2.45) is 0 Å². The fraction of sp³-hybridized carbons (Fsp3) is 0.235. The van der Waals surface area contributed by atoms with Crippen LogP contribution in [0.3, 0.4) is 0 Å². The van der Waals surface area contributed by atoms with E-state index in [2.05, 4.69) is 5.48 Å². The Morgan fingerprint density at radius 2 is 1.91 bits per heavy atom. The van der Waals surface area contributed by atoms with Gasteiger partial charge in [-0.2, -0.15) is 0 Å². The number of hydrogen-bond donors (Lipinski definition) is 3. The molecular weight excluding hydrogens is 298 g/mol. The molecule has 0 fully saturated rings. The summed E-state index contributed by atoms with van der Waals surface area (Å²) in [5.74, 6) is 0.533. The van der Waals surface area contributed by atoms with E-state index in [9.17, 15) is 4.79 Å². The lowest BCUT2D eigenvalue weighted by Crippen LogP contribution is -2.01. The van der Waals surface area contributed by atoms with Crippen LogP contribution in [0.1, 0.15) is 17.5 Å². The van der Waals surface area contributed by atoms with Gasteiger partial charge in [0.15, 0.2) is 0 Å². The predicted octanol–water partition coefficient (Wildman–Crippen LogP) is 3.09. The molecule has 2 aromatic carbocycles. The van der Waals surface area contributed by atoms with E-state index in [-0.39, 0.29) is 13.0 Å². The Bertz CT molecular complexity index is 655. The van der Waals surface area contributed by atoms with Gasteiger partial charge in [-0.1, -0.05) is 12.1 Å². The highest BCUT2D eigenvalue weighted by Crippen LogP contribution is 2.24. The number of carboxylic acid groups (broad SMARTS) is 1. The van der Waals surface area contributed by atoms with Gasteiger partial charge < -0.3 is 14.6 Å². The first-order chi connectivity index (χ1) is 11.1. The Hall–Kier alpha value is -2.73. The normalized spacial score (nSPS) is 10.2. The van der Waals surface area contributed by atoms with E-state index < -0.39 is 5.97 Å². The third kappa shape index (κ3) is 4.89. The van der Waals surface area contributed by atoms with Crippen molar-refractivity contribution >= 4 is 11.7 Å². The van der Waals surface area contributed by atoms with E-state index in [1.54, 1.807) is 37.4 Å². The number of hydrogen-bond acceptors (Lipinski definition) is 5. The third-order valence-corrected chi connectivity index (χ3v) is 3.35. The standard InChI is InChI=1S/C17H19NO5/c1-22-16-8-5-14(18-21)10-13(16)11-23-15-6-2-12(3-7-15)4-9-17(19)20/h2-3,5-8,10,18,21H,4,9,11H2,1H3,(H,19,20). The van der Waals surface area contributed by atoms with Gasteiger partial charge in [-0.05, 0) is 42.3 Å². The Balaban J connectivity index is 1.99. The topological polar surface area (TPSA) is 88.0 Å². The minimum absolute atomic E-state index is 0.109. The van der Waals surface area contributed by atoms with Crippen molar-refractivity contribution in [2.75, 3.05) is 12.6 Å². The summed E-state index contributed by atoms with van der Waals surface area (Å²) in [7, 11) is 1.57. The lowest BCUT2D eigenvalue weighted by atomic mass is 10.1. The monoisotopic (exact) mass is 317 g/mol. The van der Waals surface area contributed by atoms with Crippen LogP contribution in [-0.4, -0.2) is 23.4 Å². The molecular formula is C17H19NO5. The van der Waals surface area contributed by atoms with Crippen LogP contribution in [0.25, 0.3) is 0 Å². The van der Waals surface area contributed by atoms with Crippen LogP contribution < -0.4 is 15.0 Å². The van der Waals surface area contributed by atoms with Crippen molar-refractivity contribution < 1.29 is 24.6 Å². The maximum Gasteiger partial charge on any atom is 0.303 e. The molecule has 2 rings (SSSR count). The molecule has 0 saturated carbocycles. The van der Waals surface area contributed by atoms with E-state index in [0.29, 0.717) is 23.6 Å². The number of rotatable bonds is 8. The number of methoxy groups -OCH3 is 1. The molecule has 0 aliphatic rings. The van der Waals surface area contributed by atoms with E-state index in [0.717, 1.165) is 11.1 Å². The van der Waals surface area contributed by atoms with Gasteiger partial charge in [-0.25, -0.2) is 0 Å². The van der Waals surface area contributed by atoms with Gasteiger partial charge in [0.2, 0.25) is 0 Å². The number of aliphatic carboxylic acids is 1. The quantitative estimate of drug-likeness (QED) is 0.648. The van der Waals surface area contributed by atoms with E-state index in [1.165, 1.54) is 0 Å². The molecule has 0 aromatic heterocycles. The Labute approximate surface area is 134 Å². The zero-order valence-corrected chi connectivity index (χ0v) is 12.8. The molecule has 0 bridgehead atoms. The number of aryl methyl sites for hydroxylation is 1. The largest absolute Gasteiger partial charge is 0.496 e. The van der Waals surface area contributed by atoms with Gasteiger partial charge in [0, 0.05) is 12.0 Å². The van der Waals surface area contributed by atoms with Crippen LogP contribution in [0.2, 0.25) is 0 Å². The van der Waals surface area contributed by atoms with E-state index in [1.807, 2.05) is 12.1 Å². The molecule has 2 aromatic rings. The van der Waals surface area contributed by atoms with E-state index in [4.69, 9.17) is 19.8 Å². The highest BCUT2D eigenvalue weighted by molar-refractivity contribution is 5.67. The smallest absolute Gasteiger partial charge is 0.303 e. The van der Waals surface area contributed by atoms with Crippen LogP contribution >= 0.6 is 0 Å². The minimum Gasteiger partial charge on any atom is -0.496 e. The van der Waals surface area contributed by atoms with Crippen LogP contribution in [-0.2, 0) is 17.8 Å². The molecule has 0 spiro atoms. The summed E-state index contributed by atoms with van der Waals surface area (Å²) in [6.07, 6.45) is 0.603. The van der Waals surface area contributed by atoms with Gasteiger partial charge >= 0.3 is 5.97 Å². The Morgan fingerprint density at radius 3 is 2.52 bits per heavy atom. The lowest BCUT2D eigenvalue weighted by molar-refractivity contribution is -0.136. The summed E-state index contributed by atoms with van der Waals surface area (Å²) in [5.41, 5.74) is 4.38. The van der Waals surface area contributed by atoms with Crippen LogP contribution in [0.15, 0.2) is 42.5 Å². The lowest BCUT2D eigenvalue weighted by Gasteiger charge is -2.12. The maximum atomic E-state index is 10.6. The summed E-state index contributed by atoms with van der Waals surface area (Å²) in [5, 5.41) is 17.6. The van der Waals surface area contributed by atoms with Crippen molar-refractivity contribution in [3.05, 3.63) is 53.6 Å². The highest BCUT2D eigenvalue weighted by Gasteiger charge is 2.06. The molecule has 122 valence electrons. The minimum atomic E-state index is -0.810. The van der Waals surface area contributed by atoms with Crippen LogP contribution in [0, 0.1) is 0 Å². The van der Waals surface area contributed by atoms with Crippen molar-refractivity contribution in [3.63, 3.8) is 0 Å². The molecule has 23 heavy (non-hydrogen) atoms. The second-order valence-electron chi connectivity index (χ2n) is 4.96. The van der Waals surface area contributed by atoms with Crippen molar-refractivity contribution in [1.29, 1.82) is 0 Å². The summed E-state index contributed by atoms with van der Waals surface area (Å²) in [6.45, 7) is 0.285. The summed E-state index contributed by atoms with van der Waals surface area (Å²) in [4.78, 5) is 10.6. The molecule has 0 heterocycles. The molecule has 0 amide bonds. The first-order valence-electron chi connectivity index (χ1n) is 7.13. The molecule has 0 unspecified atom stereocenters. The average molecular weight is 317 g/mol. The molecule has 0 aliphatic carbocycles. The number of carboxylic acids is 1. The molecule has 0 saturated heterocycles. The van der Waals surface area contributed by atoms with Crippen LogP contribution in [0.5, 0.6) is 11.5 Å². The summed E-state index contributed by atoms with van der Waals surface area (Å²) >= 11 is 0. The maximum absolute atomic E-state index is 10.6. The second-order valence-corrected chi connectivity index (χ2v) is 4.96. The van der Waals surface area contributed by atoms with Gasteiger partial charge in [-0.3, -0.25) is 15.5 Å². The highest BCUT2D eigenvalue weighted by atomic mass is 16.5. The fourth-order valence-electron chi connectivity index (χ4n) is 2.13. The SMILES string of the molecule is COc1ccc(NO)cc1COc1ccc(CCC(=O)O)cc1. The second kappa shape index (κ2) is 8.05. The molecule has 0 radical (unpaired) electrons. The number of benzene rings is 2. The third-order valence-electron chi connectivity index (χ3n) is 3.35. The average Bonchev–Trinajstić information content (AvgIpc) is 2.58. The molecule has 0 aliphatic heterocycles. The van der Waals surface area contributed by atoms with Gasteiger partial charge in [-0.15, -0.1) is 0 Å². The molecule has 6 nitrogen and oxygen atoms in total. The first-order valence-corrected chi connectivity index (χ1v) is 7.13. The van der Waals surface area contributed by atoms with Gasteiger partial charge in [0.05, 0.1) is 12.8 Å². The number of ether oxygens (including phenoxy) is 2. The van der Waals surface area contributed by atoms with Crippen molar-refractivity contribution in [1.82, 2.24) is 0 Å². The molecule has 0 atom stereocenters. The Morgan fingerprint density at radius 1 is 1.17 bits per heavy atom. The van der Waals surface area contributed by atoms with Gasteiger partial charge in [0.25, 0.3) is 0 Å². The number of nitrogens with one attached hydrogen (secondary N) is 1. The molecule has 6 heteroatoms. The number of carbonyl (C=O) groups is 1. The molecule has 3 N–H and O–H groups in total.